The summed E-state index contributed by atoms with van der Waals surface area (Å²) in [4.78, 5) is 11.7. The summed E-state index contributed by atoms with van der Waals surface area (Å²) in [6.07, 6.45) is 0. The molecule has 0 heterocycles. The van der Waals surface area contributed by atoms with Gasteiger partial charge in [0, 0.05) is 6.54 Å². The average molecular weight is 250 g/mol. The summed E-state index contributed by atoms with van der Waals surface area (Å²) < 4.78 is 5.17. The van der Waals surface area contributed by atoms with Crippen molar-refractivity contribution in [3.8, 4) is 5.75 Å². The van der Waals surface area contributed by atoms with E-state index in [0.717, 1.165) is 6.54 Å². The molecule has 0 fully saturated rings. The summed E-state index contributed by atoms with van der Waals surface area (Å²) in [6, 6.07) is 7.37. The minimum atomic E-state index is -0.0660. The van der Waals surface area contributed by atoms with Gasteiger partial charge in [0.15, 0.2) is 0 Å². The van der Waals surface area contributed by atoms with Crippen molar-refractivity contribution in [1.29, 1.82) is 0 Å². The van der Waals surface area contributed by atoms with Crippen LogP contribution in [-0.2, 0) is 4.79 Å². The van der Waals surface area contributed by atoms with Crippen LogP contribution in [0.3, 0.4) is 0 Å². The van der Waals surface area contributed by atoms with Gasteiger partial charge in [-0.15, -0.1) is 0 Å². The second-order valence-electron chi connectivity index (χ2n) is 5.41. The lowest BCUT2D eigenvalue weighted by Gasteiger charge is -2.18. The van der Waals surface area contributed by atoms with Crippen molar-refractivity contribution in [2.75, 3.05) is 25.5 Å². The molecule has 1 aromatic carbocycles. The number of hydrogen-bond donors (Lipinski definition) is 2. The number of benzene rings is 1. The summed E-state index contributed by atoms with van der Waals surface area (Å²) in [5.74, 6) is 0.602. The Hall–Kier alpha value is -1.55. The second-order valence-corrected chi connectivity index (χ2v) is 5.41. The average Bonchev–Trinajstić information content (AvgIpc) is 2.28. The molecular weight excluding hydrogens is 228 g/mol. The van der Waals surface area contributed by atoms with E-state index >= 15 is 0 Å². The second kappa shape index (κ2) is 6.40. The van der Waals surface area contributed by atoms with E-state index in [1.165, 1.54) is 0 Å². The number of ether oxygens (including phenoxy) is 1. The lowest BCUT2D eigenvalue weighted by atomic mass is 9.97. The standard InChI is InChI=1S/C14H22N2O2/c1-14(2,3)10-15-9-13(17)16-11-7-5-6-8-12(11)18-4/h5-8,15H,9-10H2,1-4H3,(H,16,17). The highest BCUT2D eigenvalue weighted by Gasteiger charge is 2.11. The molecular formula is C14H22N2O2. The van der Waals surface area contributed by atoms with Crippen LogP contribution >= 0.6 is 0 Å². The lowest BCUT2D eigenvalue weighted by molar-refractivity contribution is -0.115. The molecule has 4 nitrogen and oxygen atoms in total. The Kier molecular flexibility index (Phi) is 5.16. The first-order valence-electron chi connectivity index (χ1n) is 6.06. The first-order valence-corrected chi connectivity index (χ1v) is 6.06. The van der Waals surface area contributed by atoms with Gasteiger partial charge in [-0.25, -0.2) is 0 Å². The molecule has 0 bridgehead atoms. The van der Waals surface area contributed by atoms with Gasteiger partial charge >= 0.3 is 0 Å². The van der Waals surface area contributed by atoms with Crippen LogP contribution in [0.2, 0.25) is 0 Å². The van der Waals surface area contributed by atoms with Gasteiger partial charge in [-0.05, 0) is 17.5 Å². The highest BCUT2D eigenvalue weighted by Crippen LogP contribution is 2.22. The largest absolute Gasteiger partial charge is 0.495 e. The van der Waals surface area contributed by atoms with Crippen molar-refractivity contribution in [1.82, 2.24) is 5.32 Å². The Balaban J connectivity index is 2.45. The fraction of sp³-hybridized carbons (Fsp3) is 0.500. The molecule has 0 aliphatic heterocycles. The normalized spacial score (nSPS) is 11.1. The molecule has 0 saturated carbocycles. The van der Waals surface area contributed by atoms with Crippen LogP contribution in [0, 0.1) is 5.41 Å². The summed E-state index contributed by atoms with van der Waals surface area (Å²) in [7, 11) is 1.59. The Bertz CT molecular complexity index is 397. The Morgan fingerprint density at radius 3 is 2.56 bits per heavy atom. The van der Waals surface area contributed by atoms with E-state index < -0.39 is 0 Å². The third-order valence-electron chi connectivity index (χ3n) is 2.32. The van der Waals surface area contributed by atoms with E-state index in [2.05, 4.69) is 31.4 Å². The first-order chi connectivity index (χ1) is 8.42. The number of methoxy groups -OCH3 is 1. The smallest absolute Gasteiger partial charge is 0.238 e. The molecule has 1 rings (SSSR count). The van der Waals surface area contributed by atoms with Crippen LogP contribution in [0.25, 0.3) is 0 Å². The van der Waals surface area contributed by atoms with Gasteiger partial charge in [-0.3, -0.25) is 4.79 Å². The minimum Gasteiger partial charge on any atom is -0.495 e. The molecule has 0 saturated heterocycles. The molecule has 0 aliphatic rings. The first kappa shape index (κ1) is 14.5. The topological polar surface area (TPSA) is 50.4 Å². The van der Waals surface area contributed by atoms with Gasteiger partial charge in [0.25, 0.3) is 0 Å². The molecule has 100 valence electrons. The van der Waals surface area contributed by atoms with E-state index in [1.54, 1.807) is 7.11 Å². The van der Waals surface area contributed by atoms with E-state index in [1.807, 2.05) is 24.3 Å². The Morgan fingerprint density at radius 1 is 1.28 bits per heavy atom. The third-order valence-corrected chi connectivity index (χ3v) is 2.32. The van der Waals surface area contributed by atoms with Crippen LogP contribution in [0.4, 0.5) is 5.69 Å². The maximum atomic E-state index is 11.7. The van der Waals surface area contributed by atoms with Crippen LogP contribution in [0.1, 0.15) is 20.8 Å². The molecule has 0 unspecified atom stereocenters. The van der Waals surface area contributed by atoms with Crippen LogP contribution in [-0.4, -0.2) is 26.1 Å². The molecule has 0 aliphatic carbocycles. The zero-order valence-corrected chi connectivity index (χ0v) is 11.5. The predicted molar refractivity (Wildman–Crippen MR) is 73.9 cm³/mol. The molecule has 0 atom stereocenters. The molecule has 4 heteroatoms. The fourth-order valence-corrected chi connectivity index (χ4v) is 1.49. The predicted octanol–water partition coefficient (Wildman–Crippen LogP) is 2.27. The van der Waals surface area contributed by atoms with Crippen molar-refractivity contribution in [3.63, 3.8) is 0 Å². The molecule has 0 spiro atoms. The van der Waals surface area contributed by atoms with Crippen LogP contribution < -0.4 is 15.4 Å². The van der Waals surface area contributed by atoms with Crippen LogP contribution in [0.15, 0.2) is 24.3 Å². The highest BCUT2D eigenvalue weighted by molar-refractivity contribution is 5.93. The number of para-hydroxylation sites is 2. The summed E-state index contributed by atoms with van der Waals surface area (Å²) in [5.41, 5.74) is 0.868. The zero-order chi connectivity index (χ0) is 13.6. The van der Waals surface area contributed by atoms with Gasteiger partial charge in [0.1, 0.15) is 5.75 Å². The minimum absolute atomic E-state index is 0.0660. The Labute approximate surface area is 109 Å². The zero-order valence-electron chi connectivity index (χ0n) is 11.5. The summed E-state index contributed by atoms with van der Waals surface area (Å²) >= 11 is 0. The number of carbonyl (C=O) groups excluding carboxylic acids is 1. The quantitative estimate of drug-likeness (QED) is 0.843. The fourth-order valence-electron chi connectivity index (χ4n) is 1.49. The van der Waals surface area contributed by atoms with Gasteiger partial charge in [0.2, 0.25) is 5.91 Å². The lowest BCUT2D eigenvalue weighted by Crippen LogP contribution is -2.34. The molecule has 2 N–H and O–H groups in total. The van der Waals surface area contributed by atoms with Gasteiger partial charge in [0.05, 0.1) is 19.3 Å². The Morgan fingerprint density at radius 2 is 1.94 bits per heavy atom. The maximum Gasteiger partial charge on any atom is 0.238 e. The number of nitrogens with one attached hydrogen (secondary N) is 2. The number of carbonyl (C=O) groups is 1. The van der Waals surface area contributed by atoms with E-state index in [4.69, 9.17) is 4.74 Å². The van der Waals surface area contributed by atoms with E-state index in [0.29, 0.717) is 18.0 Å². The van der Waals surface area contributed by atoms with Crippen molar-refractivity contribution in [2.45, 2.75) is 20.8 Å². The van der Waals surface area contributed by atoms with Gasteiger partial charge < -0.3 is 15.4 Å². The number of amides is 1. The van der Waals surface area contributed by atoms with Crippen molar-refractivity contribution in [2.24, 2.45) is 5.41 Å². The highest BCUT2D eigenvalue weighted by atomic mass is 16.5. The van der Waals surface area contributed by atoms with Crippen molar-refractivity contribution in [3.05, 3.63) is 24.3 Å². The van der Waals surface area contributed by atoms with E-state index in [-0.39, 0.29) is 11.3 Å². The summed E-state index contributed by atoms with van der Waals surface area (Å²) in [5, 5.41) is 5.95. The van der Waals surface area contributed by atoms with Gasteiger partial charge in [-0.1, -0.05) is 32.9 Å². The van der Waals surface area contributed by atoms with Gasteiger partial charge in [-0.2, -0.15) is 0 Å². The van der Waals surface area contributed by atoms with Crippen LogP contribution in [0.5, 0.6) is 5.75 Å². The van der Waals surface area contributed by atoms with E-state index in [9.17, 15) is 4.79 Å². The molecule has 0 aromatic heterocycles. The van der Waals surface area contributed by atoms with Crippen molar-refractivity contribution < 1.29 is 9.53 Å². The maximum absolute atomic E-state index is 11.7. The molecule has 18 heavy (non-hydrogen) atoms. The van der Waals surface area contributed by atoms with Crippen molar-refractivity contribution >= 4 is 11.6 Å². The summed E-state index contributed by atoms with van der Waals surface area (Å²) in [6.45, 7) is 7.47. The number of rotatable bonds is 5. The monoisotopic (exact) mass is 250 g/mol. The molecule has 1 aromatic rings. The third kappa shape index (κ3) is 5.19. The number of hydrogen-bond acceptors (Lipinski definition) is 3. The number of anilines is 1. The SMILES string of the molecule is COc1ccccc1NC(=O)CNCC(C)(C)C. The molecule has 1 amide bonds. The molecule has 0 radical (unpaired) electrons.